The largest absolute Gasteiger partial charge is 0.397 e. The molecule has 8 nitrogen and oxygen atoms in total. The number of nitrogens with one attached hydrogen (secondary N) is 1. The summed E-state index contributed by atoms with van der Waals surface area (Å²) in [5.41, 5.74) is -1.28. The van der Waals surface area contributed by atoms with Gasteiger partial charge in [-0.1, -0.05) is 141 Å². The number of hydrogen-bond donors (Lipinski definition) is 3. The van der Waals surface area contributed by atoms with Crippen LogP contribution in [0.5, 0.6) is 0 Å². The maximum atomic E-state index is 13.1. The second-order valence-corrected chi connectivity index (χ2v) is 15.2. The summed E-state index contributed by atoms with van der Waals surface area (Å²) in [6, 6.07) is 0. The molecule has 9 heteroatoms. The molecule has 296 valence electrons. The van der Waals surface area contributed by atoms with Crippen molar-refractivity contribution in [1.82, 2.24) is 5.32 Å². The zero-order valence-electron chi connectivity index (χ0n) is 33.0. The Kier molecular flexibility index (Phi) is 36.5. The lowest BCUT2D eigenvalue weighted by Crippen LogP contribution is -2.58. The predicted molar refractivity (Wildman–Crippen MR) is 211 cm³/mol. The normalized spacial score (nSPS) is 12.8. The van der Waals surface area contributed by atoms with E-state index in [1.165, 1.54) is 116 Å². The van der Waals surface area contributed by atoms with Crippen LogP contribution in [0.2, 0.25) is 0 Å². The highest BCUT2D eigenvalue weighted by Crippen LogP contribution is 2.19. The topological polar surface area (TPSA) is 130 Å². The molecule has 0 amide bonds. The van der Waals surface area contributed by atoms with E-state index in [9.17, 15) is 23.1 Å². The Morgan fingerprint density at radius 3 is 1.12 bits per heavy atom. The Balaban J connectivity index is 0. The van der Waals surface area contributed by atoms with Gasteiger partial charge in [0.1, 0.15) is 11.8 Å². The van der Waals surface area contributed by atoms with Crippen LogP contribution < -0.4 is 5.32 Å². The van der Waals surface area contributed by atoms with E-state index in [2.05, 4.69) is 47.7 Å². The lowest BCUT2D eigenvalue weighted by Gasteiger charge is -2.30. The van der Waals surface area contributed by atoms with Crippen molar-refractivity contribution >= 4 is 22.0 Å². The molecular formula is C41H79NO7S. The fraction of sp³-hybridized carbons (Fsp3) is 0.854. The van der Waals surface area contributed by atoms with Gasteiger partial charge in [0, 0.05) is 12.8 Å². The molecule has 0 aromatic carbocycles. The molecule has 50 heavy (non-hydrogen) atoms. The molecule has 0 aromatic rings. The third kappa shape index (κ3) is 35.0. The maximum absolute atomic E-state index is 13.1. The van der Waals surface area contributed by atoms with Crippen molar-refractivity contribution in [2.75, 3.05) is 7.11 Å². The number of allylic oxidation sites excluding steroid dienone is 4. The SMILES string of the molecule is CCCCCCCC/C=C\CCCCCCCC(=O)C(C)(NC(C)O)C(=O)CCCCCCC/C=C\CCCCCCCC.COS(=O)(=O)O. The van der Waals surface area contributed by atoms with Gasteiger partial charge in [0.15, 0.2) is 11.6 Å². The third-order valence-electron chi connectivity index (χ3n) is 9.15. The molecule has 0 spiro atoms. The Labute approximate surface area is 309 Å². The first kappa shape index (κ1) is 50.7. The van der Waals surface area contributed by atoms with Crippen molar-refractivity contribution < 1.29 is 31.8 Å². The zero-order valence-corrected chi connectivity index (χ0v) is 33.8. The Hall–Kier alpha value is -1.39. The molecule has 0 rings (SSSR count). The van der Waals surface area contributed by atoms with Crippen LogP contribution in [0.1, 0.15) is 207 Å². The van der Waals surface area contributed by atoms with Crippen LogP contribution in [-0.2, 0) is 24.2 Å². The van der Waals surface area contributed by atoms with Crippen molar-refractivity contribution in [2.24, 2.45) is 0 Å². The van der Waals surface area contributed by atoms with Gasteiger partial charge >= 0.3 is 10.4 Å². The summed E-state index contributed by atoms with van der Waals surface area (Å²) in [7, 11) is -3.29. The number of unbranched alkanes of at least 4 members (excludes halogenated alkanes) is 22. The molecule has 0 aliphatic heterocycles. The zero-order chi connectivity index (χ0) is 37.8. The van der Waals surface area contributed by atoms with Gasteiger partial charge < -0.3 is 5.11 Å². The van der Waals surface area contributed by atoms with E-state index in [0.717, 1.165) is 58.5 Å². The number of aliphatic hydroxyl groups is 1. The Morgan fingerprint density at radius 2 is 0.860 bits per heavy atom. The summed E-state index contributed by atoms with van der Waals surface area (Å²) in [5.74, 6) is -0.150. The molecule has 0 aliphatic rings. The first-order valence-corrected chi connectivity index (χ1v) is 21.7. The second-order valence-electron chi connectivity index (χ2n) is 14.1. The molecule has 0 saturated carbocycles. The molecule has 0 fully saturated rings. The lowest BCUT2D eigenvalue weighted by molar-refractivity contribution is -0.137. The summed E-state index contributed by atoms with van der Waals surface area (Å²) in [5, 5.41) is 12.9. The van der Waals surface area contributed by atoms with Gasteiger partial charge in [-0.05, 0) is 78.1 Å². The van der Waals surface area contributed by atoms with Crippen LogP contribution in [-0.4, -0.2) is 48.5 Å². The van der Waals surface area contributed by atoms with Crippen LogP contribution >= 0.6 is 0 Å². The first-order valence-electron chi connectivity index (χ1n) is 20.3. The van der Waals surface area contributed by atoms with E-state index < -0.39 is 22.2 Å². The van der Waals surface area contributed by atoms with Gasteiger partial charge in [-0.15, -0.1) is 0 Å². The van der Waals surface area contributed by atoms with Crippen molar-refractivity contribution in [2.45, 2.75) is 219 Å². The number of rotatable bonds is 35. The number of ketones is 2. The third-order valence-corrected chi connectivity index (χ3v) is 9.58. The van der Waals surface area contributed by atoms with Crippen LogP contribution in [0.3, 0.4) is 0 Å². The maximum Gasteiger partial charge on any atom is 0.397 e. The van der Waals surface area contributed by atoms with Gasteiger partial charge in [-0.3, -0.25) is 23.6 Å². The molecule has 0 saturated heterocycles. The number of hydrogen-bond acceptors (Lipinski definition) is 7. The van der Waals surface area contributed by atoms with Crippen molar-refractivity contribution in [3.63, 3.8) is 0 Å². The summed E-state index contributed by atoms with van der Waals surface area (Å²) in [6.07, 6.45) is 40.9. The highest BCUT2D eigenvalue weighted by Gasteiger charge is 2.39. The molecular weight excluding hydrogens is 651 g/mol. The Morgan fingerprint density at radius 1 is 0.600 bits per heavy atom. The number of carbonyl (C=O) groups is 2. The quantitative estimate of drug-likeness (QED) is 0.0193. The minimum absolute atomic E-state index is 0.0752. The lowest BCUT2D eigenvalue weighted by atomic mass is 9.85. The van der Waals surface area contributed by atoms with Gasteiger partial charge in [0.25, 0.3) is 0 Å². The monoisotopic (exact) mass is 730 g/mol. The average Bonchev–Trinajstić information content (AvgIpc) is 3.07. The predicted octanol–water partition coefficient (Wildman–Crippen LogP) is 11.3. The fourth-order valence-corrected chi connectivity index (χ4v) is 5.95. The summed E-state index contributed by atoms with van der Waals surface area (Å²) in [4.78, 5) is 26.3. The molecule has 0 radical (unpaired) electrons. The van der Waals surface area contributed by atoms with E-state index in [-0.39, 0.29) is 11.6 Å². The van der Waals surface area contributed by atoms with Crippen LogP contribution in [0.25, 0.3) is 0 Å². The van der Waals surface area contributed by atoms with E-state index in [1.54, 1.807) is 13.8 Å². The fourth-order valence-electron chi connectivity index (χ4n) is 5.95. The molecule has 0 bridgehead atoms. The van der Waals surface area contributed by atoms with Crippen molar-refractivity contribution in [3.05, 3.63) is 24.3 Å². The van der Waals surface area contributed by atoms with Gasteiger partial charge in [-0.25, -0.2) is 0 Å². The summed E-state index contributed by atoms with van der Waals surface area (Å²) >= 11 is 0. The van der Waals surface area contributed by atoms with Gasteiger partial charge in [0.05, 0.1) is 7.11 Å². The Bertz CT molecular complexity index is 895. The molecule has 0 aromatic heterocycles. The van der Waals surface area contributed by atoms with E-state index in [4.69, 9.17) is 4.55 Å². The summed E-state index contributed by atoms with van der Waals surface area (Å²) in [6.45, 7) is 7.79. The molecule has 0 aliphatic carbocycles. The second kappa shape index (κ2) is 36.0. The standard InChI is InChI=1S/C40H75NO3.CH4O4S/c1-5-7-9-11-13-15-17-19-21-23-25-27-29-31-33-35-38(43)40(4,41-37(3)42)39(44)36-34-32-30-28-26-24-22-20-18-16-14-12-10-8-6-2;1-5-6(2,3)4/h19-22,37,41-42H,5-18,23-36H2,1-4H3;1H3,(H,2,3,4)/b21-19-,22-20-;. The number of carbonyl (C=O) groups excluding carboxylic acids is 2. The first-order chi connectivity index (χ1) is 23.9. The highest BCUT2D eigenvalue weighted by molar-refractivity contribution is 7.80. The van der Waals surface area contributed by atoms with E-state index in [0.29, 0.717) is 12.8 Å². The van der Waals surface area contributed by atoms with Crippen molar-refractivity contribution in [3.8, 4) is 0 Å². The molecule has 0 heterocycles. The van der Waals surface area contributed by atoms with Gasteiger partial charge in [-0.2, -0.15) is 8.42 Å². The van der Waals surface area contributed by atoms with Crippen molar-refractivity contribution in [1.29, 1.82) is 0 Å². The molecule has 1 unspecified atom stereocenters. The number of aliphatic hydroxyl groups excluding tert-OH is 1. The van der Waals surface area contributed by atoms with E-state index >= 15 is 0 Å². The van der Waals surface area contributed by atoms with E-state index in [1.807, 2.05) is 0 Å². The summed E-state index contributed by atoms with van der Waals surface area (Å²) < 4.78 is 29.7. The minimum atomic E-state index is -4.16. The minimum Gasteiger partial charge on any atom is -0.379 e. The smallest absolute Gasteiger partial charge is 0.379 e. The molecule has 1 atom stereocenters. The molecule has 3 N–H and O–H groups in total. The number of Topliss-reactive ketones (excluding diaryl/α,β-unsaturated/α-hetero) is 2. The van der Waals surface area contributed by atoms with Crippen LogP contribution in [0.15, 0.2) is 24.3 Å². The average molecular weight is 730 g/mol. The van der Waals surface area contributed by atoms with Gasteiger partial charge in [0.2, 0.25) is 0 Å². The van der Waals surface area contributed by atoms with Crippen LogP contribution in [0, 0.1) is 0 Å². The van der Waals surface area contributed by atoms with Crippen LogP contribution in [0.4, 0.5) is 0 Å². The highest BCUT2D eigenvalue weighted by atomic mass is 32.3.